The highest BCUT2D eigenvalue weighted by molar-refractivity contribution is 5.97. The summed E-state index contributed by atoms with van der Waals surface area (Å²) >= 11 is 0. The van der Waals surface area contributed by atoms with E-state index in [1.807, 2.05) is 18.2 Å². The summed E-state index contributed by atoms with van der Waals surface area (Å²) in [5.41, 5.74) is 8.81. The Labute approximate surface area is 76.2 Å². The van der Waals surface area contributed by atoms with Crippen molar-refractivity contribution in [2.45, 2.75) is 13.2 Å². The number of benzene rings is 1. The summed E-state index contributed by atoms with van der Waals surface area (Å²) in [5, 5.41) is 3.44. The van der Waals surface area contributed by atoms with Crippen molar-refractivity contribution in [2.75, 3.05) is 0 Å². The number of hydrazone groups is 1. The lowest BCUT2D eigenvalue weighted by atomic mass is 10.1. The molecule has 0 fully saturated rings. The first-order valence-corrected chi connectivity index (χ1v) is 4.04. The van der Waals surface area contributed by atoms with Crippen LogP contribution in [0.4, 0.5) is 0 Å². The van der Waals surface area contributed by atoms with Gasteiger partial charge in [0, 0.05) is 5.56 Å². The molecule has 0 amide bonds. The molecule has 4 heteroatoms. The largest absolute Gasteiger partial charge is 0.382 e. The average molecular weight is 177 g/mol. The predicted molar refractivity (Wildman–Crippen MR) is 49.8 cm³/mol. The maximum absolute atomic E-state index is 5.57. The zero-order valence-electron chi connectivity index (χ0n) is 7.16. The smallest absolute Gasteiger partial charge is 0.150 e. The topological polar surface area (TPSA) is 73.6 Å². The van der Waals surface area contributed by atoms with Crippen LogP contribution >= 0.6 is 0 Å². The maximum atomic E-state index is 5.57. The molecule has 0 bridgehead atoms. The number of rotatable bonds is 1. The normalized spacial score (nSPS) is 15.8. The molecule has 0 saturated carbocycles. The van der Waals surface area contributed by atoms with Crippen LogP contribution in [-0.4, -0.2) is 5.84 Å². The summed E-state index contributed by atoms with van der Waals surface area (Å²) in [6.45, 7) is 1.34. The van der Waals surface area contributed by atoms with Crippen molar-refractivity contribution in [3.8, 4) is 0 Å². The van der Waals surface area contributed by atoms with E-state index in [-0.39, 0.29) is 0 Å². The van der Waals surface area contributed by atoms with Gasteiger partial charge in [-0.25, -0.2) is 0 Å². The molecule has 4 nitrogen and oxygen atoms in total. The molecular weight excluding hydrogens is 166 g/mol. The third-order valence-corrected chi connectivity index (χ3v) is 2.16. The minimum Gasteiger partial charge on any atom is -0.382 e. The second-order valence-electron chi connectivity index (χ2n) is 2.99. The summed E-state index contributed by atoms with van der Waals surface area (Å²) < 4.78 is 5.27. The Morgan fingerprint density at radius 3 is 2.85 bits per heavy atom. The van der Waals surface area contributed by atoms with Crippen LogP contribution in [-0.2, 0) is 18.0 Å². The highest BCUT2D eigenvalue weighted by Gasteiger charge is 2.11. The van der Waals surface area contributed by atoms with Gasteiger partial charge in [-0.1, -0.05) is 12.1 Å². The van der Waals surface area contributed by atoms with Crippen LogP contribution in [0, 0.1) is 0 Å². The summed E-state index contributed by atoms with van der Waals surface area (Å²) in [6, 6.07) is 5.86. The van der Waals surface area contributed by atoms with E-state index in [1.54, 1.807) is 0 Å². The lowest BCUT2D eigenvalue weighted by molar-refractivity contribution is 0.134. The highest BCUT2D eigenvalue weighted by atomic mass is 16.5. The molecule has 0 unspecified atom stereocenters. The van der Waals surface area contributed by atoms with Crippen LogP contribution in [0.15, 0.2) is 23.3 Å². The summed E-state index contributed by atoms with van der Waals surface area (Å²) in [5.74, 6) is 5.44. The first-order chi connectivity index (χ1) is 6.31. The molecule has 0 radical (unpaired) electrons. The number of hydrogen-bond donors (Lipinski definition) is 2. The van der Waals surface area contributed by atoms with E-state index < -0.39 is 0 Å². The minimum atomic E-state index is 0.356. The van der Waals surface area contributed by atoms with Crippen molar-refractivity contribution in [3.05, 3.63) is 34.9 Å². The fourth-order valence-electron chi connectivity index (χ4n) is 1.41. The molecule has 0 saturated heterocycles. The van der Waals surface area contributed by atoms with Gasteiger partial charge in [0.15, 0.2) is 0 Å². The Hall–Kier alpha value is -1.55. The van der Waals surface area contributed by atoms with Crippen LogP contribution in [0.3, 0.4) is 0 Å². The average Bonchev–Trinajstić information content (AvgIpc) is 2.63. The van der Waals surface area contributed by atoms with Gasteiger partial charge in [-0.05, 0) is 17.2 Å². The molecule has 0 aliphatic carbocycles. The lowest BCUT2D eigenvalue weighted by Crippen LogP contribution is -2.15. The van der Waals surface area contributed by atoms with Crippen molar-refractivity contribution in [3.63, 3.8) is 0 Å². The Bertz CT molecular complexity index is 360. The molecule has 4 N–H and O–H groups in total. The van der Waals surface area contributed by atoms with Crippen LogP contribution in [0.25, 0.3) is 0 Å². The number of hydrogen-bond acceptors (Lipinski definition) is 3. The van der Waals surface area contributed by atoms with Crippen LogP contribution < -0.4 is 11.6 Å². The van der Waals surface area contributed by atoms with Gasteiger partial charge in [0.25, 0.3) is 0 Å². The number of fused-ring (bicyclic) bond motifs is 1. The maximum Gasteiger partial charge on any atom is 0.150 e. The van der Waals surface area contributed by atoms with E-state index in [4.69, 9.17) is 16.3 Å². The van der Waals surface area contributed by atoms with E-state index in [0.717, 1.165) is 5.56 Å². The third-order valence-electron chi connectivity index (χ3n) is 2.16. The zero-order chi connectivity index (χ0) is 9.26. The highest BCUT2D eigenvalue weighted by Crippen LogP contribution is 2.20. The molecule has 2 rings (SSSR count). The van der Waals surface area contributed by atoms with E-state index in [0.29, 0.717) is 19.0 Å². The van der Waals surface area contributed by atoms with Gasteiger partial charge in [-0.2, -0.15) is 5.10 Å². The minimum absolute atomic E-state index is 0.356. The zero-order valence-corrected chi connectivity index (χ0v) is 7.16. The monoisotopic (exact) mass is 177 g/mol. The second-order valence-corrected chi connectivity index (χ2v) is 2.99. The van der Waals surface area contributed by atoms with Crippen LogP contribution in [0.1, 0.15) is 16.7 Å². The standard InChI is InChI=1S/C9H11N3O/c10-9(12-11)6-1-2-7-4-13-5-8(7)3-6/h1-3H,4-5,11H2,(H2,10,12). The van der Waals surface area contributed by atoms with Crippen molar-refractivity contribution >= 4 is 5.84 Å². The molecule has 13 heavy (non-hydrogen) atoms. The van der Waals surface area contributed by atoms with Gasteiger partial charge in [-0.15, -0.1) is 0 Å². The molecule has 1 aromatic carbocycles. The van der Waals surface area contributed by atoms with E-state index in [1.165, 1.54) is 11.1 Å². The van der Waals surface area contributed by atoms with Gasteiger partial charge in [0.05, 0.1) is 13.2 Å². The van der Waals surface area contributed by atoms with E-state index >= 15 is 0 Å². The molecule has 68 valence electrons. The predicted octanol–water partition coefficient (Wildman–Crippen LogP) is 0.296. The fraction of sp³-hybridized carbons (Fsp3) is 0.222. The van der Waals surface area contributed by atoms with Crippen molar-refractivity contribution in [1.82, 2.24) is 0 Å². The molecular formula is C9H11N3O. The summed E-state index contributed by atoms with van der Waals surface area (Å²) in [6.07, 6.45) is 0. The Morgan fingerprint density at radius 1 is 1.31 bits per heavy atom. The molecule has 0 spiro atoms. The molecule has 0 aromatic heterocycles. The van der Waals surface area contributed by atoms with Gasteiger partial charge < -0.3 is 16.3 Å². The summed E-state index contributed by atoms with van der Waals surface area (Å²) in [4.78, 5) is 0. The quantitative estimate of drug-likeness (QED) is 0.280. The number of ether oxygens (including phenoxy) is 1. The number of nitrogens with two attached hydrogens (primary N) is 2. The van der Waals surface area contributed by atoms with Gasteiger partial charge in [-0.3, -0.25) is 0 Å². The van der Waals surface area contributed by atoms with Crippen LogP contribution in [0.2, 0.25) is 0 Å². The second kappa shape index (κ2) is 3.06. The lowest BCUT2D eigenvalue weighted by Gasteiger charge is -2.01. The van der Waals surface area contributed by atoms with Crippen molar-refractivity contribution in [1.29, 1.82) is 0 Å². The first kappa shape index (κ1) is 8.07. The number of nitrogens with zero attached hydrogens (tertiary/aromatic N) is 1. The molecule has 1 heterocycles. The molecule has 1 aromatic rings. The van der Waals surface area contributed by atoms with E-state index in [9.17, 15) is 0 Å². The van der Waals surface area contributed by atoms with Crippen LogP contribution in [0.5, 0.6) is 0 Å². The Kier molecular flexibility index (Phi) is 1.90. The molecule has 1 aliphatic heterocycles. The third kappa shape index (κ3) is 1.36. The Balaban J connectivity index is 2.41. The number of amidine groups is 1. The summed E-state index contributed by atoms with van der Waals surface area (Å²) in [7, 11) is 0. The first-order valence-electron chi connectivity index (χ1n) is 4.04. The van der Waals surface area contributed by atoms with Crippen molar-refractivity contribution in [2.24, 2.45) is 16.7 Å². The van der Waals surface area contributed by atoms with Crippen molar-refractivity contribution < 1.29 is 4.74 Å². The fourth-order valence-corrected chi connectivity index (χ4v) is 1.41. The van der Waals surface area contributed by atoms with Gasteiger partial charge in [0.2, 0.25) is 0 Å². The SMILES string of the molecule is NN=C(N)c1ccc2c(c1)COC2. The Morgan fingerprint density at radius 2 is 2.08 bits per heavy atom. The molecule has 0 atom stereocenters. The van der Waals surface area contributed by atoms with Gasteiger partial charge in [0.1, 0.15) is 5.84 Å². The van der Waals surface area contributed by atoms with E-state index in [2.05, 4.69) is 5.10 Å². The molecule has 1 aliphatic rings. The van der Waals surface area contributed by atoms with Gasteiger partial charge >= 0.3 is 0 Å².